The van der Waals surface area contributed by atoms with Crippen molar-refractivity contribution in [3.05, 3.63) is 29.8 Å². The lowest BCUT2D eigenvalue weighted by Crippen LogP contribution is -2.31. The minimum atomic E-state index is -0.146. The highest BCUT2D eigenvalue weighted by molar-refractivity contribution is 7.80. The fourth-order valence-corrected chi connectivity index (χ4v) is 1.74. The van der Waals surface area contributed by atoms with Crippen LogP contribution < -0.4 is 15.8 Å². The van der Waals surface area contributed by atoms with Crippen LogP contribution in [0.15, 0.2) is 24.3 Å². The van der Waals surface area contributed by atoms with Gasteiger partial charge in [-0.15, -0.1) is 0 Å². The molecule has 0 unspecified atom stereocenters. The van der Waals surface area contributed by atoms with Gasteiger partial charge in [0.2, 0.25) is 0 Å². The maximum atomic E-state index is 11.7. The number of nitrogens with two attached hydrogens (primary N) is 1. The highest BCUT2D eigenvalue weighted by atomic mass is 32.1. The molecular formula is C15H22N2O2S. The van der Waals surface area contributed by atoms with Gasteiger partial charge in [0.15, 0.2) is 6.61 Å². The summed E-state index contributed by atoms with van der Waals surface area (Å²) in [6, 6.07) is 7.16. The molecule has 0 heterocycles. The van der Waals surface area contributed by atoms with Crippen LogP contribution in [0.3, 0.4) is 0 Å². The number of benzene rings is 1. The number of hydrogen-bond donors (Lipinski definition) is 2. The zero-order chi connectivity index (χ0) is 15.2. The zero-order valence-corrected chi connectivity index (χ0v) is 13.0. The van der Waals surface area contributed by atoms with Crippen LogP contribution in [-0.4, -0.2) is 24.0 Å². The summed E-state index contributed by atoms with van der Waals surface area (Å²) < 4.78 is 5.46. The molecule has 1 aromatic rings. The first-order valence-corrected chi connectivity index (χ1v) is 6.99. The van der Waals surface area contributed by atoms with Crippen molar-refractivity contribution in [2.75, 3.05) is 13.2 Å². The second-order valence-corrected chi connectivity index (χ2v) is 6.25. The van der Waals surface area contributed by atoms with Gasteiger partial charge in [-0.2, -0.15) is 0 Å². The molecule has 0 saturated heterocycles. The molecule has 0 bridgehead atoms. The Hall–Kier alpha value is -1.62. The molecule has 5 heteroatoms. The van der Waals surface area contributed by atoms with Crippen molar-refractivity contribution in [3.8, 4) is 5.75 Å². The summed E-state index contributed by atoms with van der Waals surface area (Å²) in [5.74, 6) is 0.387. The van der Waals surface area contributed by atoms with E-state index in [9.17, 15) is 4.79 Å². The highest BCUT2D eigenvalue weighted by Gasteiger charge is 2.11. The van der Waals surface area contributed by atoms with Gasteiger partial charge in [0.05, 0.1) is 5.56 Å². The fraction of sp³-hybridized carbons (Fsp3) is 0.467. The van der Waals surface area contributed by atoms with Gasteiger partial charge in [0.25, 0.3) is 5.91 Å². The van der Waals surface area contributed by atoms with Gasteiger partial charge in [0.1, 0.15) is 10.7 Å². The van der Waals surface area contributed by atoms with Gasteiger partial charge < -0.3 is 15.8 Å². The Balaban J connectivity index is 2.44. The van der Waals surface area contributed by atoms with E-state index < -0.39 is 0 Å². The summed E-state index contributed by atoms with van der Waals surface area (Å²) in [7, 11) is 0. The molecule has 1 amide bonds. The van der Waals surface area contributed by atoms with E-state index in [1.807, 2.05) is 12.1 Å². The van der Waals surface area contributed by atoms with Gasteiger partial charge in [-0.25, -0.2) is 0 Å². The molecule has 3 N–H and O–H groups in total. The van der Waals surface area contributed by atoms with Crippen molar-refractivity contribution in [2.24, 2.45) is 11.1 Å². The lowest BCUT2D eigenvalue weighted by atomic mass is 9.92. The van der Waals surface area contributed by atoms with Crippen molar-refractivity contribution in [2.45, 2.75) is 27.2 Å². The van der Waals surface area contributed by atoms with Crippen LogP contribution in [-0.2, 0) is 4.79 Å². The molecule has 0 aliphatic rings. The Kier molecular flexibility index (Phi) is 5.95. The van der Waals surface area contributed by atoms with Crippen LogP contribution >= 0.6 is 12.2 Å². The number of hydrogen-bond acceptors (Lipinski definition) is 3. The summed E-state index contributed by atoms with van der Waals surface area (Å²) in [5.41, 5.74) is 6.44. The molecule has 0 atom stereocenters. The number of ether oxygens (including phenoxy) is 1. The molecule has 20 heavy (non-hydrogen) atoms. The number of nitrogens with one attached hydrogen (secondary N) is 1. The molecule has 0 spiro atoms. The van der Waals surface area contributed by atoms with E-state index in [1.54, 1.807) is 12.1 Å². The van der Waals surface area contributed by atoms with Gasteiger partial charge in [-0.3, -0.25) is 4.79 Å². The zero-order valence-electron chi connectivity index (χ0n) is 12.2. The largest absolute Gasteiger partial charge is 0.483 e. The van der Waals surface area contributed by atoms with Gasteiger partial charge in [0, 0.05) is 6.54 Å². The summed E-state index contributed by atoms with van der Waals surface area (Å²) in [5, 5.41) is 2.83. The van der Waals surface area contributed by atoms with E-state index >= 15 is 0 Å². The van der Waals surface area contributed by atoms with Crippen LogP contribution in [0.1, 0.15) is 32.8 Å². The first-order valence-electron chi connectivity index (χ1n) is 6.58. The Labute approximate surface area is 125 Å². The smallest absolute Gasteiger partial charge is 0.257 e. The minimum Gasteiger partial charge on any atom is -0.483 e. The summed E-state index contributed by atoms with van der Waals surface area (Å²) in [4.78, 5) is 11.9. The van der Waals surface area contributed by atoms with E-state index in [4.69, 9.17) is 22.7 Å². The molecule has 0 aliphatic heterocycles. The molecule has 0 aliphatic carbocycles. The van der Waals surface area contributed by atoms with Crippen LogP contribution in [0.25, 0.3) is 0 Å². The van der Waals surface area contributed by atoms with Crippen molar-refractivity contribution in [1.82, 2.24) is 5.32 Å². The van der Waals surface area contributed by atoms with E-state index in [-0.39, 0.29) is 22.9 Å². The van der Waals surface area contributed by atoms with Crippen molar-refractivity contribution >= 4 is 23.1 Å². The first kappa shape index (κ1) is 16.4. The maximum absolute atomic E-state index is 11.7. The van der Waals surface area contributed by atoms with Crippen LogP contribution in [0.4, 0.5) is 0 Å². The lowest BCUT2D eigenvalue weighted by Gasteiger charge is -2.18. The first-order chi connectivity index (χ1) is 9.29. The number of carbonyl (C=O) groups is 1. The lowest BCUT2D eigenvalue weighted by molar-refractivity contribution is -0.123. The van der Waals surface area contributed by atoms with E-state index in [0.717, 1.165) is 6.42 Å². The monoisotopic (exact) mass is 294 g/mol. The van der Waals surface area contributed by atoms with Gasteiger partial charge >= 0.3 is 0 Å². The Morgan fingerprint density at radius 3 is 2.60 bits per heavy atom. The normalized spacial score (nSPS) is 10.9. The number of rotatable bonds is 6. The molecule has 1 rings (SSSR count). The Bertz CT molecular complexity index is 481. The third kappa shape index (κ3) is 6.02. The average molecular weight is 294 g/mol. The molecule has 1 aromatic carbocycles. The topological polar surface area (TPSA) is 64.3 Å². The molecular weight excluding hydrogens is 272 g/mol. The molecule has 0 radical (unpaired) electrons. The molecule has 4 nitrogen and oxygen atoms in total. The Morgan fingerprint density at radius 1 is 1.35 bits per heavy atom. The molecule has 110 valence electrons. The van der Waals surface area contributed by atoms with Crippen molar-refractivity contribution < 1.29 is 9.53 Å². The van der Waals surface area contributed by atoms with Gasteiger partial charge in [-0.1, -0.05) is 45.1 Å². The average Bonchev–Trinajstić information content (AvgIpc) is 2.35. The number of thiocarbonyl (C=S) groups is 1. The highest BCUT2D eigenvalue weighted by Crippen LogP contribution is 2.18. The van der Waals surface area contributed by atoms with Crippen LogP contribution in [0.5, 0.6) is 5.75 Å². The standard InChI is InChI=1S/C15H22N2O2S/c1-15(2,3)8-9-17-13(18)10-19-12-7-5-4-6-11(12)14(16)20/h4-7H,8-10H2,1-3H3,(H2,16,20)(H,17,18). The summed E-state index contributed by atoms with van der Waals surface area (Å²) >= 11 is 4.94. The van der Waals surface area contributed by atoms with E-state index in [1.165, 1.54) is 0 Å². The van der Waals surface area contributed by atoms with E-state index in [0.29, 0.717) is 17.9 Å². The maximum Gasteiger partial charge on any atom is 0.257 e. The number of carbonyl (C=O) groups excluding carboxylic acids is 1. The predicted octanol–water partition coefficient (Wildman–Crippen LogP) is 2.25. The number of amides is 1. The third-order valence-corrected chi connectivity index (χ3v) is 2.93. The fourth-order valence-electron chi connectivity index (χ4n) is 1.57. The minimum absolute atomic E-state index is 0.0379. The summed E-state index contributed by atoms with van der Waals surface area (Å²) in [6.07, 6.45) is 0.919. The molecule has 0 saturated carbocycles. The quantitative estimate of drug-likeness (QED) is 0.790. The van der Waals surface area contributed by atoms with Crippen LogP contribution in [0, 0.1) is 5.41 Å². The van der Waals surface area contributed by atoms with E-state index in [2.05, 4.69) is 26.1 Å². The van der Waals surface area contributed by atoms with Crippen molar-refractivity contribution in [1.29, 1.82) is 0 Å². The van der Waals surface area contributed by atoms with Crippen molar-refractivity contribution in [3.63, 3.8) is 0 Å². The second-order valence-electron chi connectivity index (χ2n) is 5.81. The summed E-state index contributed by atoms with van der Waals surface area (Å²) in [6.45, 7) is 7.00. The predicted molar refractivity (Wildman–Crippen MR) is 84.9 cm³/mol. The van der Waals surface area contributed by atoms with Crippen LogP contribution in [0.2, 0.25) is 0 Å². The molecule has 0 aromatic heterocycles. The second kappa shape index (κ2) is 7.24. The Morgan fingerprint density at radius 2 is 2.00 bits per heavy atom. The third-order valence-electron chi connectivity index (χ3n) is 2.71. The number of para-hydroxylation sites is 1. The van der Waals surface area contributed by atoms with Gasteiger partial charge in [-0.05, 0) is 24.0 Å². The molecule has 0 fully saturated rings. The SMILES string of the molecule is CC(C)(C)CCNC(=O)COc1ccccc1C(N)=S.